The number of guanidine groups is 1. The third kappa shape index (κ3) is 7.22. The van der Waals surface area contributed by atoms with E-state index in [1.165, 1.54) is 0 Å². The van der Waals surface area contributed by atoms with Gasteiger partial charge in [0.15, 0.2) is 5.96 Å². The second-order valence-corrected chi connectivity index (χ2v) is 5.45. The van der Waals surface area contributed by atoms with Crippen LogP contribution in [-0.2, 0) is 17.9 Å². The van der Waals surface area contributed by atoms with Crippen molar-refractivity contribution in [1.29, 1.82) is 0 Å². The minimum atomic E-state index is 0.469. The second kappa shape index (κ2) is 11.0. The van der Waals surface area contributed by atoms with E-state index >= 15 is 0 Å². The number of pyridine rings is 1. The highest BCUT2D eigenvalue weighted by molar-refractivity contribution is 5.79. The van der Waals surface area contributed by atoms with Gasteiger partial charge in [-0.15, -0.1) is 0 Å². The summed E-state index contributed by atoms with van der Waals surface area (Å²) in [4.78, 5) is 8.45. The van der Waals surface area contributed by atoms with Gasteiger partial charge in [0.1, 0.15) is 12.4 Å². The molecule has 2 aromatic rings. The second-order valence-electron chi connectivity index (χ2n) is 5.45. The molecule has 134 valence electrons. The Hall–Kier alpha value is -2.60. The molecule has 0 radical (unpaired) electrons. The molecule has 2 N–H and O–H groups in total. The highest BCUT2D eigenvalue weighted by Crippen LogP contribution is 2.13. The van der Waals surface area contributed by atoms with E-state index in [-0.39, 0.29) is 0 Å². The number of benzene rings is 1. The van der Waals surface area contributed by atoms with Crippen LogP contribution >= 0.6 is 0 Å². The fourth-order valence-electron chi connectivity index (χ4n) is 2.17. The van der Waals surface area contributed by atoms with Crippen molar-refractivity contribution >= 4 is 5.96 Å². The molecule has 0 spiro atoms. The van der Waals surface area contributed by atoms with Gasteiger partial charge in [-0.1, -0.05) is 18.2 Å². The topological polar surface area (TPSA) is 67.8 Å². The fraction of sp³-hybridized carbons (Fsp3) is 0.368. The highest BCUT2D eigenvalue weighted by Gasteiger charge is 2.00. The molecule has 6 nitrogen and oxygen atoms in total. The van der Waals surface area contributed by atoms with Crippen molar-refractivity contribution in [1.82, 2.24) is 15.6 Å². The average molecular weight is 342 g/mol. The summed E-state index contributed by atoms with van der Waals surface area (Å²) in [5, 5.41) is 6.54. The Labute approximate surface area is 149 Å². The Balaban J connectivity index is 1.74. The van der Waals surface area contributed by atoms with E-state index in [2.05, 4.69) is 20.6 Å². The molecule has 2 rings (SSSR count). The Morgan fingerprint density at radius 3 is 2.64 bits per heavy atom. The summed E-state index contributed by atoms with van der Waals surface area (Å²) in [5.74, 6) is 1.61. The molecule has 0 fully saturated rings. The van der Waals surface area contributed by atoms with Crippen LogP contribution in [0.5, 0.6) is 5.75 Å². The van der Waals surface area contributed by atoms with Crippen LogP contribution in [0.3, 0.4) is 0 Å². The maximum Gasteiger partial charge on any atom is 0.191 e. The Morgan fingerprint density at radius 2 is 1.96 bits per heavy atom. The van der Waals surface area contributed by atoms with Crippen LogP contribution in [0.4, 0.5) is 0 Å². The first kappa shape index (κ1) is 18.7. The van der Waals surface area contributed by atoms with Gasteiger partial charge in [-0.2, -0.15) is 0 Å². The van der Waals surface area contributed by atoms with Crippen molar-refractivity contribution in [2.24, 2.45) is 4.99 Å². The van der Waals surface area contributed by atoms with E-state index in [0.29, 0.717) is 13.2 Å². The number of hydrogen-bond acceptors (Lipinski definition) is 4. The van der Waals surface area contributed by atoms with Crippen LogP contribution in [0, 0.1) is 0 Å². The number of hydrogen-bond donors (Lipinski definition) is 2. The fourth-order valence-corrected chi connectivity index (χ4v) is 2.17. The number of aliphatic imine (C=N–C) groups is 1. The van der Waals surface area contributed by atoms with Gasteiger partial charge in [0.05, 0.1) is 5.69 Å². The first-order chi connectivity index (χ1) is 12.3. The van der Waals surface area contributed by atoms with Gasteiger partial charge in [-0.25, -0.2) is 0 Å². The summed E-state index contributed by atoms with van der Waals surface area (Å²) < 4.78 is 10.8. The van der Waals surface area contributed by atoms with E-state index in [1.54, 1.807) is 20.4 Å². The quantitative estimate of drug-likeness (QED) is 0.416. The normalized spacial score (nSPS) is 11.2. The van der Waals surface area contributed by atoms with E-state index in [1.807, 2.05) is 42.5 Å². The zero-order valence-corrected chi connectivity index (χ0v) is 14.9. The van der Waals surface area contributed by atoms with Gasteiger partial charge in [0.2, 0.25) is 0 Å². The Bertz CT molecular complexity index is 630. The first-order valence-corrected chi connectivity index (χ1v) is 8.37. The lowest BCUT2D eigenvalue weighted by Crippen LogP contribution is -2.37. The Morgan fingerprint density at radius 1 is 1.12 bits per heavy atom. The molecule has 0 bridgehead atoms. The number of nitrogens with one attached hydrogen (secondary N) is 2. The molecular weight excluding hydrogens is 316 g/mol. The van der Waals surface area contributed by atoms with Crippen LogP contribution in [0.15, 0.2) is 53.7 Å². The van der Waals surface area contributed by atoms with Gasteiger partial charge in [-0.05, 0) is 36.2 Å². The number of rotatable bonds is 9. The van der Waals surface area contributed by atoms with Crippen molar-refractivity contribution in [2.75, 3.05) is 27.3 Å². The van der Waals surface area contributed by atoms with Crippen molar-refractivity contribution in [3.05, 3.63) is 59.9 Å². The summed E-state index contributed by atoms with van der Waals surface area (Å²) in [5.41, 5.74) is 2.07. The zero-order chi connectivity index (χ0) is 17.7. The van der Waals surface area contributed by atoms with Crippen LogP contribution < -0.4 is 15.4 Å². The van der Waals surface area contributed by atoms with Gasteiger partial charge in [-0.3, -0.25) is 9.98 Å². The summed E-state index contributed by atoms with van der Waals surface area (Å²) in [6, 6.07) is 13.8. The van der Waals surface area contributed by atoms with E-state index in [4.69, 9.17) is 9.47 Å². The molecule has 0 aliphatic rings. The minimum Gasteiger partial charge on any atom is -0.487 e. The van der Waals surface area contributed by atoms with Crippen LogP contribution in [0.1, 0.15) is 17.7 Å². The average Bonchev–Trinajstić information content (AvgIpc) is 2.67. The highest BCUT2D eigenvalue weighted by atomic mass is 16.5. The molecule has 1 aromatic heterocycles. The summed E-state index contributed by atoms with van der Waals surface area (Å²) in [7, 11) is 3.47. The molecule has 0 atom stereocenters. The van der Waals surface area contributed by atoms with Crippen molar-refractivity contribution in [2.45, 2.75) is 19.6 Å². The lowest BCUT2D eigenvalue weighted by molar-refractivity contribution is 0.195. The van der Waals surface area contributed by atoms with E-state index < -0.39 is 0 Å². The lowest BCUT2D eigenvalue weighted by atomic mass is 10.2. The Kier molecular flexibility index (Phi) is 8.27. The third-order valence-electron chi connectivity index (χ3n) is 3.54. The van der Waals surface area contributed by atoms with Crippen LogP contribution in [-0.4, -0.2) is 38.3 Å². The van der Waals surface area contributed by atoms with Gasteiger partial charge in [0, 0.05) is 40.1 Å². The predicted octanol–water partition coefficient (Wildman–Crippen LogP) is 2.36. The maximum absolute atomic E-state index is 5.74. The maximum atomic E-state index is 5.74. The SMILES string of the molecule is CN=C(NCCCOC)NCc1ccc(OCc2ccccn2)cc1. The number of nitrogens with zero attached hydrogens (tertiary/aromatic N) is 2. The van der Waals surface area contributed by atoms with Gasteiger partial charge >= 0.3 is 0 Å². The van der Waals surface area contributed by atoms with Gasteiger partial charge < -0.3 is 20.1 Å². The number of aromatic nitrogens is 1. The van der Waals surface area contributed by atoms with E-state index in [9.17, 15) is 0 Å². The predicted molar refractivity (Wildman–Crippen MR) is 99.7 cm³/mol. The van der Waals surface area contributed by atoms with Crippen molar-refractivity contribution in [3.63, 3.8) is 0 Å². The van der Waals surface area contributed by atoms with Crippen molar-refractivity contribution in [3.8, 4) is 5.75 Å². The molecule has 0 saturated heterocycles. The van der Waals surface area contributed by atoms with Gasteiger partial charge in [0.25, 0.3) is 0 Å². The first-order valence-electron chi connectivity index (χ1n) is 8.37. The molecule has 25 heavy (non-hydrogen) atoms. The molecule has 6 heteroatoms. The number of methoxy groups -OCH3 is 1. The molecule has 1 aromatic carbocycles. The molecule has 0 saturated carbocycles. The summed E-state index contributed by atoms with van der Waals surface area (Å²) >= 11 is 0. The molecule has 0 unspecified atom stereocenters. The molecule has 1 heterocycles. The van der Waals surface area contributed by atoms with Crippen LogP contribution in [0.2, 0.25) is 0 Å². The minimum absolute atomic E-state index is 0.469. The molecule has 0 aliphatic heterocycles. The van der Waals surface area contributed by atoms with Crippen molar-refractivity contribution < 1.29 is 9.47 Å². The smallest absolute Gasteiger partial charge is 0.191 e. The third-order valence-corrected chi connectivity index (χ3v) is 3.54. The molecule has 0 amide bonds. The summed E-state index contributed by atoms with van der Waals surface area (Å²) in [6.07, 6.45) is 2.71. The number of ether oxygens (including phenoxy) is 2. The largest absolute Gasteiger partial charge is 0.487 e. The van der Waals surface area contributed by atoms with Crippen LogP contribution in [0.25, 0.3) is 0 Å². The zero-order valence-electron chi connectivity index (χ0n) is 14.9. The van der Waals surface area contributed by atoms with E-state index in [0.717, 1.165) is 42.5 Å². The monoisotopic (exact) mass is 342 g/mol. The lowest BCUT2D eigenvalue weighted by Gasteiger charge is -2.12. The molecular formula is C19H26N4O2. The standard InChI is InChI=1S/C19H26N4O2/c1-20-19(22-12-5-13-24-2)23-14-16-7-9-18(10-8-16)25-15-17-6-3-4-11-21-17/h3-4,6-11H,5,12-15H2,1-2H3,(H2,20,22,23). The summed E-state index contributed by atoms with van der Waals surface area (Å²) in [6.45, 7) is 2.73. The molecule has 0 aliphatic carbocycles.